The van der Waals surface area contributed by atoms with E-state index in [-0.39, 0.29) is 22.2 Å². The molecular weight excluding hydrogens is 292 g/mol. The first-order valence-electron chi connectivity index (χ1n) is 7.21. The first-order valence-corrected chi connectivity index (χ1v) is 7.59. The summed E-state index contributed by atoms with van der Waals surface area (Å²) in [7, 11) is 0. The van der Waals surface area contributed by atoms with Crippen molar-refractivity contribution in [2.75, 3.05) is 6.54 Å². The van der Waals surface area contributed by atoms with Crippen LogP contribution in [0.25, 0.3) is 0 Å². The highest BCUT2D eigenvalue weighted by Crippen LogP contribution is 2.29. The van der Waals surface area contributed by atoms with Gasteiger partial charge in [0.15, 0.2) is 0 Å². The predicted molar refractivity (Wildman–Crippen MR) is 81.6 cm³/mol. The van der Waals surface area contributed by atoms with Crippen LogP contribution in [-0.2, 0) is 0 Å². The SMILES string of the molecule is CC1CCCCC1CNC(=O)c1ccc([N+](=O)[O-])cc1Cl. The molecule has 1 N–H and O–H groups in total. The summed E-state index contributed by atoms with van der Waals surface area (Å²) in [6, 6.07) is 3.91. The Balaban J connectivity index is 1.98. The first-order chi connectivity index (χ1) is 9.99. The third-order valence-electron chi connectivity index (χ3n) is 4.22. The highest BCUT2D eigenvalue weighted by atomic mass is 35.5. The second-order valence-electron chi connectivity index (χ2n) is 5.65. The molecule has 0 bridgehead atoms. The Bertz CT molecular complexity index is 548. The molecule has 0 spiro atoms. The zero-order valence-electron chi connectivity index (χ0n) is 12.0. The van der Waals surface area contributed by atoms with Crippen LogP contribution in [0.3, 0.4) is 0 Å². The van der Waals surface area contributed by atoms with E-state index in [9.17, 15) is 14.9 Å². The van der Waals surface area contributed by atoms with Gasteiger partial charge in [-0.2, -0.15) is 0 Å². The van der Waals surface area contributed by atoms with Gasteiger partial charge in [0.2, 0.25) is 0 Å². The zero-order valence-corrected chi connectivity index (χ0v) is 12.7. The van der Waals surface area contributed by atoms with Crippen molar-refractivity contribution in [2.24, 2.45) is 11.8 Å². The van der Waals surface area contributed by atoms with E-state index in [2.05, 4.69) is 12.2 Å². The molecule has 1 aromatic carbocycles. The van der Waals surface area contributed by atoms with Crippen LogP contribution in [0.5, 0.6) is 0 Å². The van der Waals surface area contributed by atoms with Crippen LogP contribution in [0, 0.1) is 22.0 Å². The number of nitrogens with one attached hydrogen (secondary N) is 1. The molecule has 2 atom stereocenters. The molecule has 0 radical (unpaired) electrons. The Kier molecular flexibility index (Phi) is 5.17. The van der Waals surface area contributed by atoms with Crippen molar-refractivity contribution in [1.29, 1.82) is 0 Å². The van der Waals surface area contributed by atoms with Gasteiger partial charge in [0, 0.05) is 18.7 Å². The smallest absolute Gasteiger partial charge is 0.270 e. The minimum absolute atomic E-state index is 0.110. The van der Waals surface area contributed by atoms with Gasteiger partial charge in [-0.15, -0.1) is 0 Å². The second kappa shape index (κ2) is 6.89. The number of benzene rings is 1. The lowest BCUT2D eigenvalue weighted by Gasteiger charge is -2.28. The molecule has 0 saturated heterocycles. The zero-order chi connectivity index (χ0) is 15.4. The standard InChI is InChI=1S/C15H19ClN2O3/c1-10-4-2-3-5-11(10)9-17-15(19)13-7-6-12(18(20)21)8-14(13)16/h6-8,10-11H,2-5,9H2,1H3,(H,17,19). The summed E-state index contributed by atoms with van der Waals surface area (Å²) in [4.78, 5) is 22.2. The molecule has 0 heterocycles. The van der Waals surface area contributed by atoms with Crippen molar-refractivity contribution >= 4 is 23.2 Å². The van der Waals surface area contributed by atoms with Gasteiger partial charge < -0.3 is 5.32 Å². The summed E-state index contributed by atoms with van der Waals surface area (Å²) in [6.45, 7) is 2.85. The molecule has 1 fully saturated rings. The summed E-state index contributed by atoms with van der Waals surface area (Å²) in [6.07, 6.45) is 4.82. The molecule has 2 rings (SSSR count). The minimum atomic E-state index is -0.530. The fourth-order valence-corrected chi connectivity index (χ4v) is 3.08. The number of amides is 1. The Morgan fingerprint density at radius 3 is 2.76 bits per heavy atom. The summed E-state index contributed by atoms with van der Waals surface area (Å²) in [5.74, 6) is 0.846. The average Bonchev–Trinajstić information content (AvgIpc) is 2.46. The van der Waals surface area contributed by atoms with E-state index < -0.39 is 4.92 Å². The highest BCUT2D eigenvalue weighted by molar-refractivity contribution is 6.34. The lowest BCUT2D eigenvalue weighted by atomic mass is 9.80. The summed E-state index contributed by atoms with van der Waals surface area (Å²) in [5, 5.41) is 13.7. The van der Waals surface area contributed by atoms with Crippen LogP contribution in [0.1, 0.15) is 43.0 Å². The van der Waals surface area contributed by atoms with E-state index in [1.807, 2.05) is 0 Å². The van der Waals surface area contributed by atoms with E-state index in [0.29, 0.717) is 18.4 Å². The lowest BCUT2D eigenvalue weighted by molar-refractivity contribution is -0.384. The summed E-state index contributed by atoms with van der Waals surface area (Å²) in [5.41, 5.74) is 0.170. The van der Waals surface area contributed by atoms with Crippen molar-refractivity contribution in [2.45, 2.75) is 32.6 Å². The van der Waals surface area contributed by atoms with E-state index >= 15 is 0 Å². The van der Waals surface area contributed by atoms with Gasteiger partial charge in [-0.3, -0.25) is 14.9 Å². The third-order valence-corrected chi connectivity index (χ3v) is 4.53. The largest absolute Gasteiger partial charge is 0.352 e. The monoisotopic (exact) mass is 310 g/mol. The quantitative estimate of drug-likeness (QED) is 0.679. The Morgan fingerprint density at radius 1 is 1.43 bits per heavy atom. The Labute approximate surface area is 128 Å². The highest BCUT2D eigenvalue weighted by Gasteiger charge is 2.22. The van der Waals surface area contributed by atoms with Gasteiger partial charge in [-0.1, -0.05) is 37.8 Å². The predicted octanol–water partition coefficient (Wildman–Crippen LogP) is 3.80. The fraction of sp³-hybridized carbons (Fsp3) is 0.533. The van der Waals surface area contributed by atoms with Gasteiger partial charge in [0.25, 0.3) is 11.6 Å². The van der Waals surface area contributed by atoms with Gasteiger partial charge in [0.1, 0.15) is 0 Å². The first kappa shape index (κ1) is 15.8. The molecule has 1 aromatic rings. The molecule has 5 nitrogen and oxygen atoms in total. The molecule has 6 heteroatoms. The Hall–Kier alpha value is -1.62. The topological polar surface area (TPSA) is 72.2 Å². The normalized spacial score (nSPS) is 21.8. The van der Waals surface area contributed by atoms with Crippen LogP contribution >= 0.6 is 11.6 Å². The van der Waals surface area contributed by atoms with Crippen molar-refractivity contribution in [3.63, 3.8) is 0 Å². The van der Waals surface area contributed by atoms with Crippen molar-refractivity contribution in [3.8, 4) is 0 Å². The number of hydrogen-bond acceptors (Lipinski definition) is 3. The van der Waals surface area contributed by atoms with E-state index in [4.69, 9.17) is 11.6 Å². The van der Waals surface area contributed by atoms with Crippen molar-refractivity contribution in [3.05, 3.63) is 38.9 Å². The molecular formula is C15H19ClN2O3. The second-order valence-corrected chi connectivity index (χ2v) is 6.06. The Morgan fingerprint density at radius 2 is 2.14 bits per heavy atom. The van der Waals surface area contributed by atoms with Crippen LogP contribution < -0.4 is 5.32 Å². The number of non-ortho nitro benzene ring substituents is 1. The maximum Gasteiger partial charge on any atom is 0.270 e. The number of nitrogens with zero attached hydrogens (tertiary/aromatic N) is 1. The van der Waals surface area contributed by atoms with Crippen molar-refractivity contribution < 1.29 is 9.72 Å². The maximum atomic E-state index is 12.1. The molecule has 0 aromatic heterocycles. The van der Waals surface area contributed by atoms with E-state index in [1.54, 1.807) is 0 Å². The summed E-state index contributed by atoms with van der Waals surface area (Å²) < 4.78 is 0. The molecule has 1 amide bonds. The number of carbonyl (C=O) groups excluding carboxylic acids is 1. The molecule has 0 aliphatic heterocycles. The fourth-order valence-electron chi connectivity index (χ4n) is 2.82. The summed E-state index contributed by atoms with van der Waals surface area (Å²) >= 11 is 5.95. The number of nitro groups is 1. The molecule has 2 unspecified atom stereocenters. The van der Waals surface area contributed by atoms with Crippen LogP contribution in [0.4, 0.5) is 5.69 Å². The molecule has 1 aliphatic carbocycles. The van der Waals surface area contributed by atoms with Gasteiger partial charge >= 0.3 is 0 Å². The van der Waals surface area contributed by atoms with Gasteiger partial charge in [-0.05, 0) is 24.3 Å². The number of rotatable bonds is 4. The van der Waals surface area contributed by atoms with Crippen LogP contribution in [-0.4, -0.2) is 17.4 Å². The lowest BCUT2D eigenvalue weighted by Crippen LogP contribution is -2.33. The van der Waals surface area contributed by atoms with E-state index in [1.165, 1.54) is 37.5 Å². The van der Waals surface area contributed by atoms with Gasteiger partial charge in [0.05, 0.1) is 15.5 Å². The molecule has 114 valence electrons. The maximum absolute atomic E-state index is 12.1. The third kappa shape index (κ3) is 3.94. The van der Waals surface area contributed by atoms with Crippen LogP contribution in [0.2, 0.25) is 5.02 Å². The molecule has 1 aliphatic rings. The van der Waals surface area contributed by atoms with Gasteiger partial charge in [-0.25, -0.2) is 0 Å². The number of halogens is 1. The number of hydrogen-bond donors (Lipinski definition) is 1. The minimum Gasteiger partial charge on any atom is -0.352 e. The van der Waals surface area contributed by atoms with E-state index in [0.717, 1.165) is 6.42 Å². The number of nitro benzene ring substituents is 1. The number of carbonyl (C=O) groups is 1. The molecule has 21 heavy (non-hydrogen) atoms. The van der Waals surface area contributed by atoms with Crippen molar-refractivity contribution in [1.82, 2.24) is 5.32 Å². The molecule has 1 saturated carbocycles. The average molecular weight is 311 g/mol. The van der Waals surface area contributed by atoms with Crippen LogP contribution in [0.15, 0.2) is 18.2 Å².